The Hall–Kier alpha value is -0.970. The van der Waals surface area contributed by atoms with Crippen LogP contribution in [0.25, 0.3) is 0 Å². The first-order chi connectivity index (χ1) is 8.97. The average Bonchev–Trinajstić information content (AvgIpc) is 2.63. The van der Waals surface area contributed by atoms with Crippen molar-refractivity contribution in [1.29, 1.82) is 0 Å². The number of amides is 1. The van der Waals surface area contributed by atoms with Crippen molar-refractivity contribution < 1.29 is 15.0 Å². The topological polar surface area (TPSA) is 60.8 Å². The largest absolute Gasteiger partial charge is 0.508 e. The fourth-order valence-electron chi connectivity index (χ4n) is 2.61. The molecule has 2 atom stereocenters. The fraction of sp³-hybridized carbons (Fsp3) is 0.462. The second kappa shape index (κ2) is 5.57. The maximum atomic E-state index is 11.9. The zero-order chi connectivity index (χ0) is 14.2. The van der Waals surface area contributed by atoms with Crippen LogP contribution in [0.5, 0.6) is 5.75 Å². The molecule has 6 heteroatoms. The van der Waals surface area contributed by atoms with Gasteiger partial charge in [-0.05, 0) is 19.1 Å². The van der Waals surface area contributed by atoms with Gasteiger partial charge in [0.15, 0.2) is 0 Å². The van der Waals surface area contributed by atoms with Gasteiger partial charge in [0, 0.05) is 30.5 Å². The van der Waals surface area contributed by atoms with Gasteiger partial charge in [0.05, 0.1) is 16.7 Å². The van der Waals surface area contributed by atoms with Crippen LogP contribution in [0.2, 0.25) is 10.0 Å². The van der Waals surface area contributed by atoms with Gasteiger partial charge >= 0.3 is 0 Å². The summed E-state index contributed by atoms with van der Waals surface area (Å²) in [7, 11) is 0. The smallest absolute Gasteiger partial charge is 0.223 e. The number of hydrogen-bond donors (Lipinski definition) is 2. The van der Waals surface area contributed by atoms with Crippen molar-refractivity contribution >= 4 is 29.1 Å². The van der Waals surface area contributed by atoms with E-state index in [0.717, 1.165) is 0 Å². The van der Waals surface area contributed by atoms with Gasteiger partial charge in [-0.25, -0.2) is 0 Å². The summed E-state index contributed by atoms with van der Waals surface area (Å²) >= 11 is 12.1. The van der Waals surface area contributed by atoms with Crippen molar-refractivity contribution in [3.8, 4) is 5.75 Å². The molecular weight excluding hydrogens is 289 g/mol. The summed E-state index contributed by atoms with van der Waals surface area (Å²) < 4.78 is 0. The predicted molar refractivity (Wildman–Crippen MR) is 73.7 cm³/mol. The Morgan fingerprint density at radius 1 is 1.42 bits per heavy atom. The number of benzene rings is 1. The van der Waals surface area contributed by atoms with E-state index in [1.54, 1.807) is 4.90 Å². The lowest BCUT2D eigenvalue weighted by Crippen LogP contribution is -2.34. The van der Waals surface area contributed by atoms with E-state index in [-0.39, 0.29) is 48.2 Å². The SMILES string of the molecule is CC1[C@H](c2c(O)ccc(Cl)c2Cl)CC(=O)N1CCO. The number of aliphatic hydroxyl groups excluding tert-OH is 1. The van der Waals surface area contributed by atoms with E-state index in [2.05, 4.69) is 0 Å². The molecule has 1 aromatic rings. The van der Waals surface area contributed by atoms with Gasteiger partial charge in [0.2, 0.25) is 5.91 Å². The van der Waals surface area contributed by atoms with Crippen molar-refractivity contribution in [2.75, 3.05) is 13.2 Å². The van der Waals surface area contributed by atoms with Crippen LogP contribution in [-0.4, -0.2) is 40.2 Å². The Bertz CT molecular complexity index is 507. The summed E-state index contributed by atoms with van der Waals surface area (Å²) in [5.74, 6) is -0.225. The van der Waals surface area contributed by atoms with Gasteiger partial charge < -0.3 is 15.1 Å². The van der Waals surface area contributed by atoms with Crippen LogP contribution in [-0.2, 0) is 4.79 Å². The highest BCUT2D eigenvalue weighted by molar-refractivity contribution is 6.42. The number of aromatic hydroxyl groups is 1. The van der Waals surface area contributed by atoms with Crippen LogP contribution in [0.4, 0.5) is 0 Å². The second-order valence-corrected chi connectivity index (χ2v) is 5.44. The monoisotopic (exact) mass is 303 g/mol. The summed E-state index contributed by atoms with van der Waals surface area (Å²) in [6.07, 6.45) is 0.259. The molecule has 1 aromatic carbocycles. The van der Waals surface area contributed by atoms with Crippen molar-refractivity contribution in [2.45, 2.75) is 25.3 Å². The zero-order valence-electron chi connectivity index (χ0n) is 10.4. The molecular formula is C13H15Cl2NO3. The number of rotatable bonds is 3. The van der Waals surface area contributed by atoms with E-state index in [0.29, 0.717) is 10.6 Å². The zero-order valence-corrected chi connectivity index (χ0v) is 11.9. The molecule has 0 saturated carbocycles. The van der Waals surface area contributed by atoms with Gasteiger partial charge in [-0.1, -0.05) is 23.2 Å². The minimum absolute atomic E-state index is 0.0462. The molecule has 0 radical (unpaired) electrons. The van der Waals surface area contributed by atoms with Crippen molar-refractivity contribution in [2.24, 2.45) is 0 Å². The van der Waals surface area contributed by atoms with Gasteiger partial charge in [0.1, 0.15) is 5.75 Å². The van der Waals surface area contributed by atoms with Gasteiger partial charge in [-0.3, -0.25) is 4.79 Å². The lowest BCUT2D eigenvalue weighted by molar-refractivity contribution is -0.129. The Kier molecular flexibility index (Phi) is 4.23. The van der Waals surface area contributed by atoms with Crippen LogP contribution in [0.15, 0.2) is 12.1 Å². The molecule has 0 aliphatic carbocycles. The standard InChI is InChI=1S/C13H15Cl2NO3/c1-7-8(6-11(19)16(7)4-5-17)12-10(18)3-2-9(14)13(12)15/h2-3,7-8,17-18H,4-6H2,1H3/t7?,8-/m1/s1. The summed E-state index contributed by atoms with van der Waals surface area (Å²) in [6, 6.07) is 2.87. The van der Waals surface area contributed by atoms with E-state index in [1.165, 1.54) is 12.1 Å². The summed E-state index contributed by atoms with van der Waals surface area (Å²) in [4.78, 5) is 13.5. The number of β-amino-alcohol motifs (C(OH)–C–C–N with tert-alkyl or cyclic N) is 1. The first kappa shape index (κ1) is 14.4. The molecule has 104 valence electrons. The summed E-state index contributed by atoms with van der Waals surface area (Å²) in [5, 5.41) is 19.6. The van der Waals surface area contributed by atoms with E-state index in [9.17, 15) is 9.90 Å². The van der Waals surface area contributed by atoms with Crippen LogP contribution >= 0.6 is 23.2 Å². The van der Waals surface area contributed by atoms with Crippen LogP contribution in [0, 0.1) is 0 Å². The minimum atomic E-state index is -0.217. The van der Waals surface area contributed by atoms with Crippen LogP contribution < -0.4 is 0 Å². The third-order valence-electron chi connectivity index (χ3n) is 3.61. The Balaban J connectivity index is 2.39. The van der Waals surface area contributed by atoms with Gasteiger partial charge in [0.25, 0.3) is 0 Å². The molecule has 0 spiro atoms. The maximum Gasteiger partial charge on any atom is 0.223 e. The van der Waals surface area contributed by atoms with Gasteiger partial charge in [-0.15, -0.1) is 0 Å². The summed E-state index contributed by atoms with van der Waals surface area (Å²) in [6.45, 7) is 2.08. The van der Waals surface area contributed by atoms with E-state index in [4.69, 9.17) is 28.3 Å². The van der Waals surface area contributed by atoms with Crippen LogP contribution in [0.3, 0.4) is 0 Å². The molecule has 1 unspecified atom stereocenters. The highest BCUT2D eigenvalue weighted by Crippen LogP contribution is 2.44. The lowest BCUT2D eigenvalue weighted by Gasteiger charge is -2.25. The van der Waals surface area contributed by atoms with E-state index in [1.807, 2.05) is 6.92 Å². The number of phenolic OH excluding ortho intramolecular Hbond substituents is 1. The highest BCUT2D eigenvalue weighted by Gasteiger charge is 2.39. The second-order valence-electron chi connectivity index (χ2n) is 4.66. The molecule has 0 bridgehead atoms. The molecule has 1 fully saturated rings. The number of carbonyl (C=O) groups is 1. The molecule has 1 aliphatic rings. The number of phenols is 1. The normalized spacial score (nSPS) is 23.2. The quantitative estimate of drug-likeness (QED) is 0.901. The third-order valence-corrected chi connectivity index (χ3v) is 4.43. The molecule has 1 saturated heterocycles. The van der Waals surface area contributed by atoms with Gasteiger partial charge in [-0.2, -0.15) is 0 Å². The molecule has 0 aromatic heterocycles. The molecule has 1 heterocycles. The number of aliphatic hydroxyl groups is 1. The Morgan fingerprint density at radius 3 is 2.74 bits per heavy atom. The molecule has 1 amide bonds. The number of halogens is 2. The fourth-order valence-corrected chi connectivity index (χ4v) is 3.07. The number of carbonyl (C=O) groups excluding carboxylic acids is 1. The molecule has 4 nitrogen and oxygen atoms in total. The minimum Gasteiger partial charge on any atom is -0.508 e. The van der Waals surface area contributed by atoms with Crippen molar-refractivity contribution in [3.05, 3.63) is 27.7 Å². The third kappa shape index (κ3) is 2.53. The Morgan fingerprint density at radius 2 is 2.11 bits per heavy atom. The molecule has 2 rings (SSSR count). The molecule has 2 N–H and O–H groups in total. The van der Waals surface area contributed by atoms with E-state index < -0.39 is 0 Å². The van der Waals surface area contributed by atoms with Crippen molar-refractivity contribution in [1.82, 2.24) is 4.90 Å². The number of likely N-dealkylation sites (tertiary alicyclic amines) is 1. The first-order valence-corrected chi connectivity index (χ1v) is 6.80. The van der Waals surface area contributed by atoms with Crippen molar-refractivity contribution in [3.63, 3.8) is 0 Å². The molecule has 1 aliphatic heterocycles. The Labute approximate surface area is 121 Å². The lowest BCUT2D eigenvalue weighted by atomic mass is 9.91. The predicted octanol–water partition coefficient (Wildman–Crippen LogP) is 2.40. The average molecular weight is 304 g/mol. The first-order valence-electron chi connectivity index (χ1n) is 6.04. The molecule has 19 heavy (non-hydrogen) atoms. The van der Waals surface area contributed by atoms with Crippen LogP contribution in [0.1, 0.15) is 24.8 Å². The highest BCUT2D eigenvalue weighted by atomic mass is 35.5. The number of nitrogens with zero attached hydrogens (tertiary/aromatic N) is 1. The summed E-state index contributed by atoms with van der Waals surface area (Å²) in [5.41, 5.74) is 0.510. The number of hydrogen-bond acceptors (Lipinski definition) is 3. The van der Waals surface area contributed by atoms with E-state index >= 15 is 0 Å². The maximum absolute atomic E-state index is 11.9.